The Morgan fingerprint density at radius 1 is 1.10 bits per heavy atom. The molecular weight excluding hydrogens is 495 g/mol. The maximum absolute atomic E-state index is 13.0. The van der Waals surface area contributed by atoms with Crippen LogP contribution in [0, 0.1) is 0 Å². The molecule has 29 heavy (non-hydrogen) atoms. The number of nitrogens with one attached hydrogen (secondary N) is 1. The zero-order valence-electron chi connectivity index (χ0n) is 16.3. The van der Waals surface area contributed by atoms with Crippen molar-refractivity contribution in [3.8, 4) is 0 Å². The van der Waals surface area contributed by atoms with E-state index in [1.165, 1.54) is 11.8 Å². The summed E-state index contributed by atoms with van der Waals surface area (Å²) in [6.45, 7) is 4.38. The molecule has 0 spiro atoms. The predicted molar refractivity (Wildman–Crippen MR) is 125 cm³/mol. The molecule has 1 atom stereocenters. The quantitative estimate of drug-likeness (QED) is 0.474. The molecule has 2 aromatic carbocycles. The SMILES string of the molecule is CCNC(=O)C(C)N(Cc1ccc(Cl)c(Cl)c1)C(=O)CSCc1ccc(Br)cc1. The third kappa shape index (κ3) is 7.52. The normalized spacial score (nSPS) is 11.8. The second-order valence-corrected chi connectivity index (χ2v) is 9.18. The number of benzene rings is 2. The van der Waals surface area contributed by atoms with Crippen LogP contribution in [-0.2, 0) is 21.9 Å². The molecule has 8 heteroatoms. The van der Waals surface area contributed by atoms with Gasteiger partial charge in [0.25, 0.3) is 0 Å². The van der Waals surface area contributed by atoms with Crippen molar-refractivity contribution in [2.45, 2.75) is 32.2 Å². The summed E-state index contributed by atoms with van der Waals surface area (Å²) >= 11 is 17.0. The molecule has 0 radical (unpaired) electrons. The third-order valence-electron chi connectivity index (χ3n) is 4.26. The summed E-state index contributed by atoms with van der Waals surface area (Å²) in [7, 11) is 0. The topological polar surface area (TPSA) is 49.4 Å². The number of nitrogens with zero attached hydrogens (tertiary/aromatic N) is 1. The van der Waals surface area contributed by atoms with Crippen LogP contribution in [0.15, 0.2) is 46.9 Å². The van der Waals surface area contributed by atoms with E-state index in [-0.39, 0.29) is 24.1 Å². The average Bonchev–Trinajstić information content (AvgIpc) is 2.69. The maximum Gasteiger partial charge on any atom is 0.242 e. The van der Waals surface area contributed by atoms with E-state index in [0.717, 1.165) is 21.4 Å². The number of carbonyl (C=O) groups excluding carboxylic acids is 2. The first kappa shape index (κ1) is 24.1. The van der Waals surface area contributed by atoms with Gasteiger partial charge in [-0.15, -0.1) is 11.8 Å². The van der Waals surface area contributed by atoms with Crippen LogP contribution in [0.5, 0.6) is 0 Å². The summed E-state index contributed by atoms with van der Waals surface area (Å²) in [5.41, 5.74) is 1.96. The van der Waals surface area contributed by atoms with Crippen molar-refractivity contribution in [1.29, 1.82) is 0 Å². The summed E-state index contributed by atoms with van der Waals surface area (Å²) in [5.74, 6) is 0.715. The minimum Gasteiger partial charge on any atom is -0.355 e. The summed E-state index contributed by atoms with van der Waals surface area (Å²) in [6.07, 6.45) is 0. The summed E-state index contributed by atoms with van der Waals surface area (Å²) < 4.78 is 1.02. The molecule has 2 aromatic rings. The fourth-order valence-electron chi connectivity index (χ4n) is 2.66. The lowest BCUT2D eigenvalue weighted by atomic mass is 10.1. The minimum absolute atomic E-state index is 0.100. The molecular formula is C21H23BrCl2N2O2S. The Morgan fingerprint density at radius 3 is 2.38 bits per heavy atom. The van der Waals surface area contributed by atoms with Gasteiger partial charge in [-0.05, 0) is 49.2 Å². The number of hydrogen-bond donors (Lipinski definition) is 1. The Bertz CT molecular complexity index is 849. The highest BCUT2D eigenvalue weighted by Gasteiger charge is 2.25. The smallest absolute Gasteiger partial charge is 0.242 e. The molecule has 2 rings (SSSR count). The van der Waals surface area contributed by atoms with Gasteiger partial charge in [0.2, 0.25) is 11.8 Å². The van der Waals surface area contributed by atoms with E-state index in [1.807, 2.05) is 37.3 Å². The Kier molecular flexibility index (Phi) is 9.83. The molecule has 0 heterocycles. The van der Waals surface area contributed by atoms with Crippen LogP contribution < -0.4 is 5.32 Å². The Balaban J connectivity index is 2.07. The number of rotatable bonds is 9. The van der Waals surface area contributed by atoms with Crippen LogP contribution in [0.1, 0.15) is 25.0 Å². The zero-order valence-corrected chi connectivity index (χ0v) is 20.2. The van der Waals surface area contributed by atoms with Gasteiger partial charge in [0.1, 0.15) is 6.04 Å². The molecule has 156 valence electrons. The number of hydrogen-bond acceptors (Lipinski definition) is 3. The van der Waals surface area contributed by atoms with Crippen molar-refractivity contribution >= 4 is 62.7 Å². The first-order chi connectivity index (χ1) is 13.8. The van der Waals surface area contributed by atoms with Crippen molar-refractivity contribution in [2.24, 2.45) is 0 Å². The first-order valence-electron chi connectivity index (χ1n) is 9.15. The highest BCUT2D eigenvalue weighted by Crippen LogP contribution is 2.24. The van der Waals surface area contributed by atoms with Crippen LogP contribution >= 0.6 is 50.9 Å². The zero-order chi connectivity index (χ0) is 21.4. The molecule has 0 aliphatic rings. The van der Waals surface area contributed by atoms with E-state index >= 15 is 0 Å². The molecule has 1 N–H and O–H groups in total. The number of likely N-dealkylation sites (N-methyl/N-ethyl adjacent to an activating group) is 1. The maximum atomic E-state index is 13.0. The Hall–Kier alpha value is -1.21. The summed E-state index contributed by atoms with van der Waals surface area (Å²) in [4.78, 5) is 26.9. The molecule has 4 nitrogen and oxygen atoms in total. The molecule has 0 saturated heterocycles. The van der Waals surface area contributed by atoms with Crippen molar-refractivity contribution in [2.75, 3.05) is 12.3 Å². The first-order valence-corrected chi connectivity index (χ1v) is 11.9. The second-order valence-electron chi connectivity index (χ2n) is 6.46. The number of amides is 2. The lowest BCUT2D eigenvalue weighted by Gasteiger charge is -2.28. The van der Waals surface area contributed by atoms with Crippen LogP contribution in [0.4, 0.5) is 0 Å². The van der Waals surface area contributed by atoms with Crippen LogP contribution in [0.2, 0.25) is 10.0 Å². The fourth-order valence-corrected chi connectivity index (χ4v) is 4.11. The van der Waals surface area contributed by atoms with Gasteiger partial charge >= 0.3 is 0 Å². The molecule has 0 aromatic heterocycles. The van der Waals surface area contributed by atoms with Crippen molar-refractivity contribution in [1.82, 2.24) is 10.2 Å². The molecule has 1 unspecified atom stereocenters. The Labute approximate surface area is 194 Å². The van der Waals surface area contributed by atoms with Crippen LogP contribution in [0.25, 0.3) is 0 Å². The van der Waals surface area contributed by atoms with Gasteiger partial charge in [-0.25, -0.2) is 0 Å². The minimum atomic E-state index is -0.592. The van der Waals surface area contributed by atoms with Crippen molar-refractivity contribution in [3.05, 3.63) is 68.1 Å². The van der Waals surface area contributed by atoms with Crippen molar-refractivity contribution < 1.29 is 9.59 Å². The highest BCUT2D eigenvalue weighted by molar-refractivity contribution is 9.10. The predicted octanol–water partition coefficient (Wildman–Crippen LogP) is 5.54. The monoisotopic (exact) mass is 516 g/mol. The van der Waals surface area contributed by atoms with Gasteiger partial charge in [-0.2, -0.15) is 0 Å². The third-order valence-corrected chi connectivity index (χ3v) is 6.52. The largest absolute Gasteiger partial charge is 0.355 e. The van der Waals surface area contributed by atoms with Gasteiger partial charge in [0.15, 0.2) is 0 Å². The van der Waals surface area contributed by atoms with Gasteiger partial charge in [-0.3, -0.25) is 9.59 Å². The number of halogens is 3. The molecule has 0 aliphatic carbocycles. The summed E-state index contributed by atoms with van der Waals surface area (Å²) in [5, 5.41) is 3.66. The lowest BCUT2D eigenvalue weighted by molar-refractivity contribution is -0.138. The standard InChI is InChI=1S/C21H23BrCl2N2O2S/c1-3-25-21(28)14(2)26(11-16-6-9-18(23)19(24)10-16)20(27)13-29-12-15-4-7-17(22)8-5-15/h4-10,14H,3,11-13H2,1-2H3,(H,25,28). The van der Waals surface area contributed by atoms with E-state index in [0.29, 0.717) is 16.6 Å². The molecule has 0 bridgehead atoms. The lowest BCUT2D eigenvalue weighted by Crippen LogP contribution is -2.48. The van der Waals surface area contributed by atoms with E-state index in [4.69, 9.17) is 23.2 Å². The second kappa shape index (κ2) is 11.8. The molecule has 2 amide bonds. The van der Waals surface area contributed by atoms with Gasteiger partial charge in [0, 0.05) is 23.3 Å². The number of thioether (sulfide) groups is 1. The fraction of sp³-hybridized carbons (Fsp3) is 0.333. The Morgan fingerprint density at radius 2 is 1.76 bits per heavy atom. The van der Waals surface area contributed by atoms with Gasteiger partial charge < -0.3 is 10.2 Å². The molecule has 0 fully saturated rings. The van der Waals surface area contributed by atoms with Gasteiger partial charge in [0.05, 0.1) is 15.8 Å². The summed E-state index contributed by atoms with van der Waals surface area (Å²) in [6, 6.07) is 12.6. The van der Waals surface area contributed by atoms with Crippen LogP contribution in [-0.4, -0.2) is 35.1 Å². The highest BCUT2D eigenvalue weighted by atomic mass is 79.9. The van der Waals surface area contributed by atoms with E-state index in [2.05, 4.69) is 21.2 Å². The average molecular weight is 518 g/mol. The molecule has 0 saturated carbocycles. The van der Waals surface area contributed by atoms with Crippen LogP contribution in [0.3, 0.4) is 0 Å². The number of carbonyl (C=O) groups is 2. The van der Waals surface area contributed by atoms with E-state index in [9.17, 15) is 9.59 Å². The van der Waals surface area contributed by atoms with Gasteiger partial charge in [-0.1, -0.05) is 57.3 Å². The molecule has 0 aliphatic heterocycles. The van der Waals surface area contributed by atoms with E-state index < -0.39 is 6.04 Å². The van der Waals surface area contributed by atoms with E-state index in [1.54, 1.807) is 24.0 Å². The van der Waals surface area contributed by atoms with Crippen molar-refractivity contribution in [3.63, 3.8) is 0 Å².